The van der Waals surface area contributed by atoms with Crippen LogP contribution in [0.25, 0.3) is 0 Å². The van der Waals surface area contributed by atoms with Crippen molar-refractivity contribution >= 4 is 23.0 Å². The fraction of sp³-hybridized carbons (Fsp3) is 0.0714. The zero-order chi connectivity index (χ0) is 13.0. The normalized spacial score (nSPS) is 12.8. The first-order valence-electron chi connectivity index (χ1n) is 5.46. The minimum atomic E-state index is -2.18. The number of hydrogen-bond donors (Lipinski definition) is 0. The molecule has 92 valence electrons. The van der Waals surface area contributed by atoms with Crippen LogP contribution in [0.1, 0.15) is 11.1 Å². The molecule has 0 aliphatic carbocycles. The van der Waals surface area contributed by atoms with Crippen molar-refractivity contribution in [1.29, 1.82) is 0 Å². The van der Waals surface area contributed by atoms with Crippen LogP contribution in [-0.4, -0.2) is 15.0 Å². The Balaban J connectivity index is 2.19. The monoisotopic (exact) mass is 258 g/mol. The molecule has 0 saturated carbocycles. The Morgan fingerprint density at radius 2 is 1.78 bits per heavy atom. The molecular weight excluding hydrogens is 246 g/mol. The van der Waals surface area contributed by atoms with E-state index in [4.69, 9.17) is 0 Å². The third-order valence-electron chi connectivity index (χ3n) is 2.57. The third kappa shape index (κ3) is 3.12. The van der Waals surface area contributed by atoms with E-state index in [-0.39, 0.29) is 4.90 Å². The van der Waals surface area contributed by atoms with Gasteiger partial charge in [-0.2, -0.15) is 0 Å². The number of aliphatic imine (C=N–C) groups is 1. The van der Waals surface area contributed by atoms with E-state index >= 15 is 0 Å². The molecule has 1 atom stereocenters. The molecule has 0 bridgehead atoms. The molecule has 4 heteroatoms. The van der Waals surface area contributed by atoms with E-state index in [1.54, 1.807) is 18.3 Å². The van der Waals surface area contributed by atoms with Crippen LogP contribution in [0.2, 0.25) is 0 Å². The zero-order valence-electron chi connectivity index (χ0n) is 9.87. The lowest BCUT2D eigenvalue weighted by molar-refractivity contribution is 0.537. The Morgan fingerprint density at radius 3 is 2.39 bits per heavy atom. The van der Waals surface area contributed by atoms with Gasteiger partial charge in [-0.15, -0.1) is 0 Å². The summed E-state index contributed by atoms with van der Waals surface area (Å²) in [5.41, 5.74) is 2.93. The maximum Gasteiger partial charge on any atom is 0.0630 e. The minimum absolute atomic E-state index is 0.268. The summed E-state index contributed by atoms with van der Waals surface area (Å²) in [6.07, 6.45) is 1.78. The molecule has 2 aromatic carbocycles. The molecule has 0 fully saturated rings. The van der Waals surface area contributed by atoms with Gasteiger partial charge >= 0.3 is 0 Å². The van der Waals surface area contributed by atoms with Crippen LogP contribution in [-0.2, 0) is 11.1 Å². The molecule has 3 nitrogen and oxygen atoms in total. The molecule has 0 amide bonds. The number of hydrogen-bond acceptors (Lipinski definition) is 3. The lowest BCUT2D eigenvalue weighted by Crippen LogP contribution is -1.87. The van der Waals surface area contributed by atoms with Crippen LogP contribution in [0.15, 0.2) is 58.4 Å². The van der Waals surface area contributed by atoms with Gasteiger partial charge in [0.25, 0.3) is 0 Å². The molecule has 2 aromatic rings. The summed E-state index contributed by atoms with van der Waals surface area (Å²) >= 11 is -2.18. The van der Waals surface area contributed by atoms with Crippen molar-refractivity contribution in [2.24, 2.45) is 4.99 Å². The molecule has 0 aliphatic rings. The smallest absolute Gasteiger partial charge is 0.0630 e. The fourth-order valence-corrected chi connectivity index (χ4v) is 1.88. The summed E-state index contributed by atoms with van der Waals surface area (Å²) in [5, 5.41) is 0. The molecule has 0 spiro atoms. The van der Waals surface area contributed by atoms with Gasteiger partial charge in [-0.3, -0.25) is 9.20 Å². The van der Waals surface area contributed by atoms with E-state index in [2.05, 4.69) is 4.99 Å². The highest BCUT2D eigenvalue weighted by molar-refractivity contribution is 7.79. The van der Waals surface area contributed by atoms with E-state index in [9.17, 15) is 8.76 Å². The van der Waals surface area contributed by atoms with Crippen LogP contribution >= 0.6 is 0 Å². The maximum atomic E-state index is 10.7. The molecular formula is C14H12NO2S-. The van der Waals surface area contributed by atoms with Gasteiger partial charge in [0.05, 0.1) is 5.69 Å². The Labute approximate surface area is 108 Å². The van der Waals surface area contributed by atoms with E-state index < -0.39 is 11.1 Å². The first-order chi connectivity index (χ1) is 8.66. The van der Waals surface area contributed by atoms with Crippen molar-refractivity contribution in [3.8, 4) is 0 Å². The van der Waals surface area contributed by atoms with Crippen molar-refractivity contribution in [3.63, 3.8) is 0 Å². The Morgan fingerprint density at radius 1 is 1.11 bits per heavy atom. The lowest BCUT2D eigenvalue weighted by atomic mass is 10.1. The third-order valence-corrected chi connectivity index (χ3v) is 3.23. The number of aryl methyl sites for hydroxylation is 1. The number of nitrogens with zero attached hydrogens (tertiary/aromatic N) is 1. The Kier molecular flexibility index (Phi) is 4.02. The summed E-state index contributed by atoms with van der Waals surface area (Å²) in [4.78, 5) is 4.58. The average Bonchev–Trinajstić information content (AvgIpc) is 2.38. The molecule has 0 aliphatic heterocycles. The van der Waals surface area contributed by atoms with Crippen LogP contribution in [0.4, 0.5) is 5.69 Å². The standard InChI is InChI=1S/C14H13NO2S/c1-11-4-2-3-5-12(11)10-15-13-6-8-14(9-7-13)18(16)17/h2-10H,1H3,(H,16,17)/p-1. The quantitative estimate of drug-likeness (QED) is 0.627. The van der Waals surface area contributed by atoms with Gasteiger partial charge < -0.3 is 4.55 Å². The zero-order valence-corrected chi connectivity index (χ0v) is 10.7. The first-order valence-corrected chi connectivity index (χ1v) is 6.53. The van der Waals surface area contributed by atoms with Gasteiger partial charge in [0.2, 0.25) is 0 Å². The molecule has 0 aromatic heterocycles. The van der Waals surface area contributed by atoms with Crippen LogP contribution < -0.4 is 0 Å². The molecule has 0 radical (unpaired) electrons. The van der Waals surface area contributed by atoms with Gasteiger partial charge in [-0.25, -0.2) is 0 Å². The highest BCUT2D eigenvalue weighted by Gasteiger charge is 1.94. The van der Waals surface area contributed by atoms with Crippen molar-refractivity contribution in [1.82, 2.24) is 0 Å². The van der Waals surface area contributed by atoms with E-state index in [1.807, 2.05) is 31.2 Å². The molecule has 18 heavy (non-hydrogen) atoms. The largest absolute Gasteiger partial charge is 0.768 e. The summed E-state index contributed by atoms with van der Waals surface area (Å²) < 4.78 is 21.4. The second-order valence-electron chi connectivity index (χ2n) is 3.84. The van der Waals surface area contributed by atoms with Crippen LogP contribution in [0.5, 0.6) is 0 Å². The minimum Gasteiger partial charge on any atom is -0.768 e. The summed E-state index contributed by atoms with van der Waals surface area (Å²) in [7, 11) is 0. The first kappa shape index (κ1) is 12.7. The van der Waals surface area contributed by atoms with Gasteiger partial charge in [0.15, 0.2) is 0 Å². The highest BCUT2D eigenvalue weighted by atomic mass is 32.2. The molecule has 0 heterocycles. The van der Waals surface area contributed by atoms with Crippen molar-refractivity contribution < 1.29 is 8.76 Å². The van der Waals surface area contributed by atoms with Gasteiger partial charge in [-0.05, 0) is 53.4 Å². The Hall–Kier alpha value is -1.78. The van der Waals surface area contributed by atoms with E-state index in [0.717, 1.165) is 16.8 Å². The predicted molar refractivity (Wildman–Crippen MR) is 72.1 cm³/mol. The maximum absolute atomic E-state index is 10.7. The summed E-state index contributed by atoms with van der Waals surface area (Å²) in [6, 6.07) is 14.4. The molecule has 2 rings (SSSR count). The van der Waals surface area contributed by atoms with Gasteiger partial charge in [-0.1, -0.05) is 24.3 Å². The summed E-state index contributed by atoms with van der Waals surface area (Å²) in [5.74, 6) is 0. The van der Waals surface area contributed by atoms with Crippen LogP contribution in [0, 0.1) is 6.92 Å². The topological polar surface area (TPSA) is 52.5 Å². The average molecular weight is 258 g/mol. The second-order valence-corrected chi connectivity index (χ2v) is 4.78. The lowest BCUT2D eigenvalue weighted by Gasteiger charge is -2.04. The predicted octanol–water partition coefficient (Wildman–Crippen LogP) is 2.98. The van der Waals surface area contributed by atoms with Crippen molar-refractivity contribution in [2.75, 3.05) is 0 Å². The SMILES string of the molecule is Cc1ccccc1C=Nc1ccc(S(=O)[O-])cc1. The van der Waals surface area contributed by atoms with Gasteiger partial charge in [0, 0.05) is 11.1 Å². The Bertz CT molecular complexity index is 591. The highest BCUT2D eigenvalue weighted by Crippen LogP contribution is 2.15. The van der Waals surface area contributed by atoms with Crippen molar-refractivity contribution in [3.05, 3.63) is 59.7 Å². The molecule has 0 saturated heterocycles. The molecule has 0 N–H and O–H groups in total. The number of benzene rings is 2. The van der Waals surface area contributed by atoms with E-state index in [1.165, 1.54) is 12.1 Å². The number of rotatable bonds is 3. The summed E-state index contributed by atoms with van der Waals surface area (Å²) in [6.45, 7) is 2.02. The van der Waals surface area contributed by atoms with Gasteiger partial charge in [0.1, 0.15) is 0 Å². The fourth-order valence-electron chi connectivity index (χ4n) is 1.52. The second kappa shape index (κ2) is 5.71. The van der Waals surface area contributed by atoms with Crippen LogP contribution in [0.3, 0.4) is 0 Å². The van der Waals surface area contributed by atoms with Crippen molar-refractivity contribution in [2.45, 2.75) is 11.8 Å². The van der Waals surface area contributed by atoms with E-state index in [0.29, 0.717) is 0 Å². The molecule has 1 unspecified atom stereocenters.